The fraction of sp³-hybridized carbons (Fsp3) is 0.0968. The third-order valence-corrected chi connectivity index (χ3v) is 8.91. The number of anilines is 3. The van der Waals surface area contributed by atoms with Crippen LogP contribution in [0.25, 0.3) is 20.8 Å². The van der Waals surface area contributed by atoms with Gasteiger partial charge in [-0.25, -0.2) is 9.88 Å². The Kier molecular flexibility index (Phi) is 7.34. The molecule has 1 saturated heterocycles. The zero-order valence-corrected chi connectivity index (χ0v) is 23.9. The average Bonchev–Trinajstić information content (AvgIpc) is 3.49. The van der Waals surface area contributed by atoms with Gasteiger partial charge in [0.2, 0.25) is 11.8 Å². The number of nitrogens with zero attached hydrogens (tertiary/aromatic N) is 2. The minimum atomic E-state index is -0.473. The normalized spacial score (nSPS) is 15.0. The number of benzene rings is 4. The molecule has 2 amide bonds. The molecule has 198 valence electrons. The molecular weight excluding hydrogens is 557 g/mol. The molecule has 1 unspecified atom stereocenters. The van der Waals surface area contributed by atoms with Crippen LogP contribution in [0.15, 0.2) is 102 Å². The number of aromatic nitrogens is 1. The monoisotopic (exact) mass is 580 g/mol. The molecule has 0 radical (unpaired) electrons. The van der Waals surface area contributed by atoms with Crippen LogP contribution in [-0.4, -0.2) is 27.2 Å². The smallest absolute Gasteiger partial charge is 0.247 e. The van der Waals surface area contributed by atoms with E-state index in [1.54, 1.807) is 11.3 Å². The van der Waals surface area contributed by atoms with Gasteiger partial charge in [0, 0.05) is 28.3 Å². The molecule has 0 bridgehead atoms. The molecule has 2 heterocycles. The lowest BCUT2D eigenvalue weighted by atomic mass is 10.2. The molecule has 0 aliphatic carbocycles. The number of thioether (sulfide) groups is 1. The molecule has 4 aromatic carbocycles. The molecule has 1 aliphatic heterocycles. The number of hydrogen-bond acceptors (Lipinski definition) is 6. The van der Waals surface area contributed by atoms with Crippen LogP contribution < -0.4 is 15.5 Å². The van der Waals surface area contributed by atoms with Crippen LogP contribution in [0.4, 0.5) is 17.1 Å². The largest absolute Gasteiger partial charge is 0.332 e. The minimum Gasteiger partial charge on any atom is -0.332 e. The highest BCUT2D eigenvalue weighted by molar-refractivity contribution is 8.00. The van der Waals surface area contributed by atoms with Crippen LogP contribution in [-0.2, 0) is 9.59 Å². The summed E-state index contributed by atoms with van der Waals surface area (Å²) >= 11 is 8.42. The van der Waals surface area contributed by atoms with E-state index in [9.17, 15) is 9.59 Å². The van der Waals surface area contributed by atoms with Gasteiger partial charge in [-0.3, -0.25) is 9.59 Å². The average molecular weight is 581 g/mol. The number of nitrogens with one attached hydrogen (secondary N) is 2. The second-order valence-electron chi connectivity index (χ2n) is 9.38. The fourth-order valence-corrected chi connectivity index (χ4v) is 6.83. The number of aryl methyl sites for hydroxylation is 1. The first kappa shape index (κ1) is 26.2. The number of carbonyl (C=O) groups excluding carboxylic acids is 2. The maximum Gasteiger partial charge on any atom is 0.247 e. The van der Waals surface area contributed by atoms with Crippen molar-refractivity contribution < 1.29 is 9.59 Å². The van der Waals surface area contributed by atoms with Crippen molar-refractivity contribution in [2.45, 2.75) is 23.5 Å². The van der Waals surface area contributed by atoms with E-state index in [-0.39, 0.29) is 18.2 Å². The van der Waals surface area contributed by atoms with Crippen molar-refractivity contribution in [3.05, 3.63) is 103 Å². The summed E-state index contributed by atoms with van der Waals surface area (Å²) in [4.78, 5) is 33.0. The van der Waals surface area contributed by atoms with Crippen LogP contribution >= 0.6 is 35.3 Å². The molecule has 1 aliphatic rings. The van der Waals surface area contributed by atoms with E-state index < -0.39 is 5.25 Å². The van der Waals surface area contributed by atoms with Gasteiger partial charge in [-0.15, -0.1) is 23.1 Å². The molecule has 0 spiro atoms. The number of thiazole rings is 1. The van der Waals surface area contributed by atoms with Gasteiger partial charge >= 0.3 is 0 Å². The van der Waals surface area contributed by atoms with Crippen molar-refractivity contribution in [2.75, 3.05) is 15.5 Å². The Morgan fingerprint density at radius 1 is 0.925 bits per heavy atom. The number of amides is 2. The minimum absolute atomic E-state index is 0.160. The molecule has 40 heavy (non-hydrogen) atoms. The van der Waals surface area contributed by atoms with Gasteiger partial charge in [0.1, 0.15) is 5.01 Å². The lowest BCUT2D eigenvalue weighted by Gasteiger charge is -2.15. The molecule has 1 aromatic heterocycles. The number of para-hydroxylation sites is 1. The summed E-state index contributed by atoms with van der Waals surface area (Å²) in [7, 11) is 0. The maximum absolute atomic E-state index is 13.2. The number of imide groups is 1. The number of carbonyl (C=O) groups is 2. The Hall–Kier alpha value is -4.05. The number of hydrogen-bond donors (Lipinski definition) is 2. The van der Waals surface area contributed by atoms with E-state index in [0.717, 1.165) is 37.1 Å². The topological polar surface area (TPSA) is 74.3 Å². The third-order valence-electron chi connectivity index (χ3n) is 6.44. The molecule has 0 saturated carbocycles. The lowest BCUT2D eigenvalue weighted by Crippen LogP contribution is -2.31. The van der Waals surface area contributed by atoms with E-state index in [2.05, 4.69) is 29.7 Å². The summed E-state index contributed by atoms with van der Waals surface area (Å²) in [6.07, 6.45) is 0.160. The molecular formula is C31H24N4O2S3. The lowest BCUT2D eigenvalue weighted by molar-refractivity contribution is -0.121. The van der Waals surface area contributed by atoms with Gasteiger partial charge in [0.05, 0.1) is 21.2 Å². The van der Waals surface area contributed by atoms with Gasteiger partial charge in [0.15, 0.2) is 5.11 Å². The molecule has 6 nitrogen and oxygen atoms in total. The summed E-state index contributed by atoms with van der Waals surface area (Å²) in [5, 5.41) is 7.23. The van der Waals surface area contributed by atoms with E-state index in [0.29, 0.717) is 10.8 Å². The predicted molar refractivity (Wildman–Crippen MR) is 169 cm³/mol. The first-order chi connectivity index (χ1) is 19.4. The van der Waals surface area contributed by atoms with Crippen molar-refractivity contribution >= 4 is 79.5 Å². The maximum atomic E-state index is 13.2. The Morgan fingerprint density at radius 2 is 1.62 bits per heavy atom. The molecule has 2 N–H and O–H groups in total. The van der Waals surface area contributed by atoms with E-state index in [4.69, 9.17) is 17.2 Å². The second-order valence-corrected chi connectivity index (χ2v) is 12.1. The van der Waals surface area contributed by atoms with Crippen LogP contribution in [0.2, 0.25) is 0 Å². The van der Waals surface area contributed by atoms with Gasteiger partial charge < -0.3 is 10.6 Å². The highest BCUT2D eigenvalue weighted by atomic mass is 32.2. The van der Waals surface area contributed by atoms with Crippen molar-refractivity contribution in [1.82, 2.24) is 4.98 Å². The Labute approximate surface area is 245 Å². The number of thiocarbonyl (C=S) groups is 1. The van der Waals surface area contributed by atoms with E-state index in [1.165, 1.54) is 22.2 Å². The molecule has 5 aromatic rings. The first-order valence-electron chi connectivity index (χ1n) is 12.7. The Balaban J connectivity index is 1.09. The number of rotatable bonds is 6. The quantitative estimate of drug-likeness (QED) is 0.159. The van der Waals surface area contributed by atoms with Crippen molar-refractivity contribution in [3.63, 3.8) is 0 Å². The Morgan fingerprint density at radius 3 is 2.35 bits per heavy atom. The van der Waals surface area contributed by atoms with Crippen molar-refractivity contribution in [2.24, 2.45) is 0 Å². The SMILES string of the molecule is Cc1ccc2nc(-c3ccc(N4C(=O)CC(Sc5ccc(NC(=S)Nc6ccccc6)cc5)C4=O)cc3)sc2c1. The van der Waals surface area contributed by atoms with Gasteiger partial charge in [0.25, 0.3) is 0 Å². The fourth-order valence-electron chi connectivity index (χ4n) is 4.47. The molecule has 1 atom stereocenters. The summed E-state index contributed by atoms with van der Waals surface area (Å²) in [6.45, 7) is 2.07. The standard InChI is InChI=1S/C31H24N4O2S3/c1-19-7-16-25-26(17-19)40-29(34-25)20-8-12-23(13-9-20)35-28(36)18-27(30(35)37)39-24-14-10-22(11-15-24)33-31(38)32-21-5-3-2-4-6-21/h2-17,27H,18H2,1H3,(H2,32,33,38). The predicted octanol–water partition coefficient (Wildman–Crippen LogP) is 7.50. The van der Waals surface area contributed by atoms with E-state index in [1.807, 2.05) is 84.9 Å². The van der Waals surface area contributed by atoms with Crippen LogP contribution in [0.1, 0.15) is 12.0 Å². The highest BCUT2D eigenvalue weighted by Gasteiger charge is 2.40. The highest BCUT2D eigenvalue weighted by Crippen LogP contribution is 2.36. The summed E-state index contributed by atoms with van der Waals surface area (Å²) in [5.41, 5.74) is 5.44. The van der Waals surface area contributed by atoms with Gasteiger partial charge in [-0.2, -0.15) is 0 Å². The Bertz CT molecular complexity index is 1720. The van der Waals surface area contributed by atoms with Gasteiger partial charge in [-0.05, 0) is 97.5 Å². The van der Waals surface area contributed by atoms with Crippen molar-refractivity contribution in [3.8, 4) is 10.6 Å². The van der Waals surface area contributed by atoms with Crippen LogP contribution in [0.5, 0.6) is 0 Å². The third kappa shape index (κ3) is 5.62. The number of fused-ring (bicyclic) bond motifs is 1. The molecule has 6 rings (SSSR count). The van der Waals surface area contributed by atoms with Crippen molar-refractivity contribution in [1.29, 1.82) is 0 Å². The van der Waals surface area contributed by atoms with Crippen LogP contribution in [0, 0.1) is 6.92 Å². The summed E-state index contributed by atoms with van der Waals surface area (Å²) in [5.74, 6) is -0.394. The summed E-state index contributed by atoms with van der Waals surface area (Å²) < 4.78 is 1.14. The van der Waals surface area contributed by atoms with Crippen LogP contribution in [0.3, 0.4) is 0 Å². The zero-order valence-electron chi connectivity index (χ0n) is 21.5. The molecule has 9 heteroatoms. The summed E-state index contributed by atoms with van der Waals surface area (Å²) in [6, 6.07) is 31.1. The molecule has 1 fully saturated rings. The first-order valence-corrected chi connectivity index (χ1v) is 14.8. The zero-order chi connectivity index (χ0) is 27.6. The van der Waals surface area contributed by atoms with Gasteiger partial charge in [-0.1, -0.05) is 24.3 Å². The second kappa shape index (κ2) is 11.2. The van der Waals surface area contributed by atoms with E-state index >= 15 is 0 Å².